The average Bonchev–Trinajstić information content (AvgIpc) is 2.55. The van der Waals surface area contributed by atoms with Crippen molar-refractivity contribution in [2.24, 2.45) is 0 Å². The number of hydrogen-bond acceptors (Lipinski definition) is 2. The van der Waals surface area contributed by atoms with Crippen molar-refractivity contribution in [3.8, 4) is 6.07 Å². The van der Waals surface area contributed by atoms with E-state index < -0.39 is 17.5 Å². The number of amides is 1. The molecule has 0 aliphatic carbocycles. The van der Waals surface area contributed by atoms with Crippen LogP contribution in [0.3, 0.4) is 0 Å². The van der Waals surface area contributed by atoms with Gasteiger partial charge in [0.05, 0.1) is 0 Å². The predicted octanol–water partition coefficient (Wildman–Crippen LogP) is 3.19. The second kappa shape index (κ2) is 7.14. The molecule has 0 bridgehead atoms. The highest BCUT2D eigenvalue weighted by atomic mass is 19.2. The van der Waals surface area contributed by atoms with Crippen molar-refractivity contribution in [2.45, 2.75) is 6.54 Å². The fraction of sp³-hybridized carbons (Fsp3) is 0.0588. The summed E-state index contributed by atoms with van der Waals surface area (Å²) in [6.07, 6.45) is 1.03. The average molecular weight is 298 g/mol. The summed E-state index contributed by atoms with van der Waals surface area (Å²) >= 11 is 0. The Bertz CT molecular complexity index is 749. The van der Waals surface area contributed by atoms with Gasteiger partial charge in [0.1, 0.15) is 11.6 Å². The number of nitrogens with zero attached hydrogens (tertiary/aromatic N) is 1. The number of nitrogens with one attached hydrogen (secondary N) is 1. The molecule has 2 rings (SSSR count). The lowest BCUT2D eigenvalue weighted by Gasteiger charge is -2.05. The van der Waals surface area contributed by atoms with E-state index in [9.17, 15) is 13.6 Å². The van der Waals surface area contributed by atoms with Crippen molar-refractivity contribution >= 4 is 12.0 Å². The monoisotopic (exact) mass is 298 g/mol. The van der Waals surface area contributed by atoms with Crippen LogP contribution >= 0.6 is 0 Å². The third kappa shape index (κ3) is 3.76. The smallest absolute Gasteiger partial charge is 0.262 e. The van der Waals surface area contributed by atoms with Gasteiger partial charge in [0.15, 0.2) is 11.6 Å². The summed E-state index contributed by atoms with van der Waals surface area (Å²) in [6, 6.07) is 14.4. The van der Waals surface area contributed by atoms with Gasteiger partial charge in [-0.25, -0.2) is 8.78 Å². The van der Waals surface area contributed by atoms with E-state index >= 15 is 0 Å². The van der Waals surface area contributed by atoms with E-state index in [4.69, 9.17) is 5.26 Å². The van der Waals surface area contributed by atoms with Crippen LogP contribution < -0.4 is 5.32 Å². The van der Waals surface area contributed by atoms with Gasteiger partial charge in [-0.1, -0.05) is 42.5 Å². The molecule has 110 valence electrons. The van der Waals surface area contributed by atoms with Gasteiger partial charge >= 0.3 is 0 Å². The standard InChI is InChI=1S/C17H12F2N2O/c18-15-8-4-7-13(16(15)19)9-14(10-20)17(22)21-11-12-5-2-1-3-6-12/h1-9H,11H2,(H,21,22)/b14-9+. The maximum absolute atomic E-state index is 13.6. The van der Waals surface area contributed by atoms with E-state index in [2.05, 4.69) is 5.32 Å². The first kappa shape index (κ1) is 15.4. The van der Waals surface area contributed by atoms with E-state index in [-0.39, 0.29) is 17.7 Å². The number of hydrogen-bond donors (Lipinski definition) is 1. The Kier molecular flexibility index (Phi) is 4.99. The summed E-state index contributed by atoms with van der Waals surface area (Å²) in [4.78, 5) is 11.9. The lowest BCUT2D eigenvalue weighted by atomic mass is 10.1. The molecule has 22 heavy (non-hydrogen) atoms. The van der Waals surface area contributed by atoms with Crippen molar-refractivity contribution in [1.29, 1.82) is 5.26 Å². The van der Waals surface area contributed by atoms with Crippen LogP contribution in [-0.4, -0.2) is 5.91 Å². The Morgan fingerprint density at radius 3 is 2.55 bits per heavy atom. The Balaban J connectivity index is 2.14. The molecule has 5 heteroatoms. The van der Waals surface area contributed by atoms with Gasteiger partial charge in [0.2, 0.25) is 0 Å². The number of rotatable bonds is 4. The number of nitriles is 1. The van der Waals surface area contributed by atoms with Crippen molar-refractivity contribution < 1.29 is 13.6 Å². The Morgan fingerprint density at radius 2 is 1.86 bits per heavy atom. The fourth-order valence-electron chi connectivity index (χ4n) is 1.81. The third-order valence-corrected chi connectivity index (χ3v) is 2.94. The molecule has 0 heterocycles. The molecule has 0 unspecified atom stereocenters. The molecule has 2 aromatic carbocycles. The topological polar surface area (TPSA) is 52.9 Å². The van der Waals surface area contributed by atoms with Crippen LogP contribution in [0.15, 0.2) is 54.1 Å². The summed E-state index contributed by atoms with van der Waals surface area (Å²) in [5, 5.41) is 11.6. The van der Waals surface area contributed by atoms with Crippen molar-refractivity contribution in [1.82, 2.24) is 5.32 Å². The fourth-order valence-corrected chi connectivity index (χ4v) is 1.81. The molecule has 3 nitrogen and oxygen atoms in total. The zero-order valence-corrected chi connectivity index (χ0v) is 11.5. The molecule has 0 saturated heterocycles. The molecule has 0 saturated carbocycles. The largest absolute Gasteiger partial charge is 0.347 e. The van der Waals surface area contributed by atoms with Crippen LogP contribution in [0.2, 0.25) is 0 Å². The molecule has 1 amide bonds. The van der Waals surface area contributed by atoms with Crippen LogP contribution in [0, 0.1) is 23.0 Å². The number of carbonyl (C=O) groups is 1. The number of halogens is 2. The van der Waals surface area contributed by atoms with Crippen molar-refractivity contribution in [3.05, 3.63) is 76.9 Å². The Morgan fingerprint density at radius 1 is 1.14 bits per heavy atom. The van der Waals surface area contributed by atoms with E-state index in [1.807, 2.05) is 30.3 Å². The van der Waals surface area contributed by atoms with Crippen molar-refractivity contribution in [2.75, 3.05) is 0 Å². The molecule has 0 aliphatic rings. The molecule has 0 radical (unpaired) electrons. The van der Waals surface area contributed by atoms with Crippen LogP contribution in [0.4, 0.5) is 8.78 Å². The zero-order chi connectivity index (χ0) is 15.9. The van der Waals surface area contributed by atoms with Crippen LogP contribution in [0.5, 0.6) is 0 Å². The van der Waals surface area contributed by atoms with E-state index in [1.165, 1.54) is 12.1 Å². The third-order valence-electron chi connectivity index (χ3n) is 2.94. The van der Waals surface area contributed by atoms with Gasteiger partial charge in [-0.3, -0.25) is 4.79 Å². The highest BCUT2D eigenvalue weighted by molar-refractivity contribution is 6.01. The first-order valence-corrected chi connectivity index (χ1v) is 6.49. The summed E-state index contributed by atoms with van der Waals surface area (Å²) in [6.45, 7) is 0.240. The summed E-state index contributed by atoms with van der Waals surface area (Å²) in [5.41, 5.74) is 0.428. The van der Waals surface area contributed by atoms with Crippen molar-refractivity contribution in [3.63, 3.8) is 0 Å². The molecule has 0 fully saturated rings. The molecule has 0 aliphatic heterocycles. The number of carbonyl (C=O) groups excluding carboxylic acids is 1. The van der Waals surface area contributed by atoms with E-state index in [0.717, 1.165) is 17.7 Å². The summed E-state index contributed by atoms with van der Waals surface area (Å²) in [7, 11) is 0. The van der Waals surface area contributed by atoms with Gasteiger partial charge in [0, 0.05) is 12.1 Å². The molecular weight excluding hydrogens is 286 g/mol. The lowest BCUT2D eigenvalue weighted by molar-refractivity contribution is -0.117. The predicted molar refractivity (Wildman–Crippen MR) is 78.2 cm³/mol. The number of benzene rings is 2. The van der Waals surface area contributed by atoms with E-state index in [0.29, 0.717) is 0 Å². The molecular formula is C17H12F2N2O. The van der Waals surface area contributed by atoms with Gasteiger partial charge in [0.25, 0.3) is 5.91 Å². The summed E-state index contributed by atoms with van der Waals surface area (Å²) in [5.74, 6) is -2.77. The molecule has 2 aromatic rings. The maximum Gasteiger partial charge on any atom is 0.262 e. The Labute approximate surface area is 126 Å². The molecule has 1 N–H and O–H groups in total. The van der Waals surface area contributed by atoms with Gasteiger partial charge in [-0.05, 0) is 17.7 Å². The minimum atomic E-state index is -1.09. The summed E-state index contributed by atoms with van der Waals surface area (Å²) < 4.78 is 26.7. The first-order valence-electron chi connectivity index (χ1n) is 6.49. The van der Waals surface area contributed by atoms with Crippen LogP contribution in [0.1, 0.15) is 11.1 Å². The Hall–Kier alpha value is -3.00. The minimum Gasteiger partial charge on any atom is -0.347 e. The van der Waals surface area contributed by atoms with Gasteiger partial charge in [-0.15, -0.1) is 0 Å². The highest BCUT2D eigenvalue weighted by Crippen LogP contribution is 2.15. The quantitative estimate of drug-likeness (QED) is 0.696. The minimum absolute atomic E-state index is 0.147. The molecule has 0 atom stereocenters. The molecule has 0 aromatic heterocycles. The normalized spacial score (nSPS) is 10.9. The molecule has 0 spiro atoms. The van der Waals surface area contributed by atoms with Gasteiger partial charge in [-0.2, -0.15) is 5.26 Å². The second-order valence-electron chi connectivity index (χ2n) is 4.48. The van der Waals surface area contributed by atoms with Crippen LogP contribution in [-0.2, 0) is 11.3 Å². The van der Waals surface area contributed by atoms with E-state index in [1.54, 1.807) is 6.07 Å². The SMILES string of the molecule is N#C/C(=C\c1cccc(F)c1F)C(=O)NCc1ccccc1. The zero-order valence-electron chi connectivity index (χ0n) is 11.5. The van der Waals surface area contributed by atoms with Crippen LogP contribution in [0.25, 0.3) is 6.08 Å². The lowest BCUT2D eigenvalue weighted by Crippen LogP contribution is -2.23. The first-order chi connectivity index (χ1) is 10.6. The second-order valence-corrected chi connectivity index (χ2v) is 4.48. The highest BCUT2D eigenvalue weighted by Gasteiger charge is 2.12. The van der Waals surface area contributed by atoms with Gasteiger partial charge < -0.3 is 5.32 Å². The maximum atomic E-state index is 13.6.